The number of nitrogens with zero attached hydrogens (tertiary/aromatic N) is 1. The van der Waals surface area contributed by atoms with Crippen LogP contribution in [-0.2, 0) is 11.2 Å². The molecule has 0 amide bonds. The van der Waals surface area contributed by atoms with Crippen LogP contribution in [0.15, 0.2) is 57.7 Å². The van der Waals surface area contributed by atoms with Gasteiger partial charge >= 0.3 is 5.97 Å². The molecule has 0 saturated carbocycles. The molecule has 124 valence electrons. The Morgan fingerprint density at radius 3 is 2.68 bits per heavy atom. The predicted molar refractivity (Wildman–Crippen MR) is 93.7 cm³/mol. The van der Waals surface area contributed by atoms with Crippen molar-refractivity contribution < 1.29 is 14.3 Å². The third-order valence-corrected chi connectivity index (χ3v) is 4.19. The molecule has 2 aromatic rings. The van der Waals surface area contributed by atoms with Crippen molar-refractivity contribution in [3.63, 3.8) is 0 Å². The molecule has 3 N–H and O–H groups in total. The van der Waals surface area contributed by atoms with Gasteiger partial charge in [0.1, 0.15) is 17.3 Å². The van der Waals surface area contributed by atoms with Crippen molar-refractivity contribution in [1.82, 2.24) is 4.98 Å². The molecule has 0 fully saturated rings. The second-order valence-corrected chi connectivity index (χ2v) is 5.93. The summed E-state index contributed by atoms with van der Waals surface area (Å²) in [4.78, 5) is 27.8. The number of benzene rings is 3. The van der Waals surface area contributed by atoms with E-state index in [0.29, 0.717) is 27.9 Å². The fraction of sp³-hybridized carbons (Fsp3) is 0.105. The van der Waals surface area contributed by atoms with Crippen LogP contribution in [0.25, 0.3) is 33.3 Å². The zero-order chi connectivity index (χ0) is 17.6. The molecule has 4 rings (SSSR count). The summed E-state index contributed by atoms with van der Waals surface area (Å²) in [5, 5.41) is 10.3. The van der Waals surface area contributed by atoms with Crippen molar-refractivity contribution in [3.8, 4) is 11.5 Å². The summed E-state index contributed by atoms with van der Waals surface area (Å²) in [5.41, 5.74) is 7.92. The van der Waals surface area contributed by atoms with Crippen LogP contribution in [0.2, 0.25) is 0 Å². The van der Waals surface area contributed by atoms with Gasteiger partial charge in [0.15, 0.2) is 16.8 Å². The van der Waals surface area contributed by atoms with E-state index >= 15 is 0 Å². The van der Waals surface area contributed by atoms with Crippen LogP contribution >= 0.6 is 0 Å². The Hall–Kier alpha value is -3.25. The van der Waals surface area contributed by atoms with Gasteiger partial charge in [-0.2, -0.15) is 0 Å². The molecule has 25 heavy (non-hydrogen) atoms. The summed E-state index contributed by atoms with van der Waals surface area (Å²) in [6.45, 7) is 0. The summed E-state index contributed by atoms with van der Waals surface area (Å²) in [6, 6.07) is 13.0. The topological polar surface area (TPSA) is 106 Å². The first-order valence-corrected chi connectivity index (χ1v) is 7.76. The van der Waals surface area contributed by atoms with Crippen molar-refractivity contribution in [3.05, 3.63) is 64.3 Å². The van der Waals surface area contributed by atoms with Crippen molar-refractivity contribution in [2.24, 2.45) is 5.73 Å². The molecular formula is C19H14N2O4. The lowest BCUT2D eigenvalue weighted by Gasteiger charge is -2.11. The third-order valence-electron chi connectivity index (χ3n) is 4.19. The highest BCUT2D eigenvalue weighted by Crippen LogP contribution is 2.30. The molecular weight excluding hydrogens is 320 g/mol. The second kappa shape index (κ2) is 5.68. The van der Waals surface area contributed by atoms with Gasteiger partial charge in [-0.15, -0.1) is 0 Å². The van der Waals surface area contributed by atoms with Gasteiger partial charge in [-0.05, 0) is 24.1 Å². The van der Waals surface area contributed by atoms with Crippen LogP contribution in [0, 0.1) is 0 Å². The molecule has 1 unspecified atom stereocenters. The number of carbonyl (C=O) groups is 1. The second-order valence-electron chi connectivity index (χ2n) is 5.93. The number of fused-ring (bicyclic) bond motifs is 4. The molecule has 2 aromatic carbocycles. The van der Waals surface area contributed by atoms with Crippen molar-refractivity contribution in [1.29, 1.82) is 0 Å². The minimum absolute atomic E-state index is 0.128. The van der Waals surface area contributed by atoms with E-state index in [1.807, 2.05) is 18.2 Å². The smallest absolute Gasteiger partial charge is 0.320 e. The summed E-state index contributed by atoms with van der Waals surface area (Å²) in [6.07, 6.45) is 0.184. The molecule has 6 nitrogen and oxygen atoms in total. The number of rotatable bonds is 3. The van der Waals surface area contributed by atoms with E-state index < -0.39 is 12.0 Å². The van der Waals surface area contributed by atoms with Crippen LogP contribution in [0.4, 0.5) is 0 Å². The summed E-state index contributed by atoms with van der Waals surface area (Å²) < 4.78 is 5.87. The van der Waals surface area contributed by atoms with E-state index in [1.165, 1.54) is 6.07 Å². The van der Waals surface area contributed by atoms with E-state index in [9.17, 15) is 9.59 Å². The van der Waals surface area contributed by atoms with E-state index in [1.54, 1.807) is 24.3 Å². The maximum atomic E-state index is 12.2. The lowest BCUT2D eigenvalue weighted by molar-refractivity contribution is -0.138. The number of carboxylic acids is 1. The van der Waals surface area contributed by atoms with Crippen LogP contribution in [0.5, 0.6) is 0 Å². The fourth-order valence-corrected chi connectivity index (χ4v) is 2.94. The Morgan fingerprint density at radius 2 is 1.92 bits per heavy atom. The zero-order valence-electron chi connectivity index (χ0n) is 13.1. The first-order valence-electron chi connectivity index (χ1n) is 7.76. The highest BCUT2D eigenvalue weighted by molar-refractivity contribution is 5.96. The van der Waals surface area contributed by atoms with Crippen LogP contribution < -0.4 is 11.2 Å². The Bertz CT molecular complexity index is 1150. The normalized spacial score (nSPS) is 12.7. The van der Waals surface area contributed by atoms with Crippen LogP contribution in [0.1, 0.15) is 5.56 Å². The molecule has 1 aliphatic heterocycles. The predicted octanol–water partition coefficient (Wildman–Crippen LogP) is 2.40. The third kappa shape index (κ3) is 2.62. The zero-order valence-corrected chi connectivity index (χ0v) is 13.1. The van der Waals surface area contributed by atoms with Gasteiger partial charge < -0.3 is 15.3 Å². The van der Waals surface area contributed by atoms with E-state index in [-0.39, 0.29) is 11.8 Å². The van der Waals surface area contributed by atoms with Gasteiger partial charge in [-0.1, -0.05) is 30.3 Å². The lowest BCUT2D eigenvalue weighted by atomic mass is 10.0. The van der Waals surface area contributed by atoms with Crippen LogP contribution in [-0.4, -0.2) is 22.1 Å². The Morgan fingerprint density at radius 1 is 1.16 bits per heavy atom. The molecule has 2 aliphatic rings. The standard InChI is InChI=1S/C19H14N2O4/c20-13(19(23)24)7-10-5-6-14-16(8-10)25-17-9-15(22)11-3-1-2-4-12(11)18(17)21-14/h1-6,8-9,13H,7,20H2,(H,23,24). The average Bonchev–Trinajstić information content (AvgIpc) is 2.60. The molecule has 0 radical (unpaired) electrons. The number of hydrogen-bond donors (Lipinski definition) is 2. The van der Waals surface area contributed by atoms with Gasteiger partial charge in [-0.3, -0.25) is 9.59 Å². The van der Waals surface area contributed by atoms with E-state index in [4.69, 9.17) is 15.3 Å². The highest BCUT2D eigenvalue weighted by atomic mass is 16.4. The fourth-order valence-electron chi connectivity index (χ4n) is 2.94. The van der Waals surface area contributed by atoms with Crippen molar-refractivity contribution >= 4 is 27.8 Å². The molecule has 6 heteroatoms. The summed E-state index contributed by atoms with van der Waals surface area (Å²) in [5.74, 6) is -0.660. The summed E-state index contributed by atoms with van der Waals surface area (Å²) in [7, 11) is 0. The maximum Gasteiger partial charge on any atom is 0.320 e. The summed E-state index contributed by atoms with van der Waals surface area (Å²) >= 11 is 0. The van der Waals surface area contributed by atoms with Crippen molar-refractivity contribution in [2.45, 2.75) is 12.5 Å². The first kappa shape index (κ1) is 15.3. The number of aliphatic carboxylic acids is 1. The van der Waals surface area contributed by atoms with Gasteiger partial charge in [0.05, 0.1) is 0 Å². The maximum absolute atomic E-state index is 12.2. The molecule has 0 saturated heterocycles. The average molecular weight is 334 g/mol. The van der Waals surface area contributed by atoms with Crippen LogP contribution in [0.3, 0.4) is 0 Å². The molecule has 0 bridgehead atoms. The number of carboxylic acid groups (broad SMARTS) is 1. The molecule has 0 aromatic heterocycles. The molecule has 0 spiro atoms. The molecule has 1 aliphatic carbocycles. The largest absolute Gasteiger partial charge is 0.480 e. The Labute approximate surface area is 141 Å². The highest BCUT2D eigenvalue weighted by Gasteiger charge is 2.17. The molecule has 1 atom stereocenters. The molecule has 1 heterocycles. The van der Waals surface area contributed by atoms with Gasteiger partial charge in [-0.25, -0.2) is 4.98 Å². The minimum Gasteiger partial charge on any atom is -0.480 e. The monoisotopic (exact) mass is 334 g/mol. The van der Waals surface area contributed by atoms with Crippen molar-refractivity contribution in [2.75, 3.05) is 0 Å². The van der Waals surface area contributed by atoms with Gasteiger partial charge in [0.25, 0.3) is 0 Å². The van der Waals surface area contributed by atoms with E-state index in [0.717, 1.165) is 10.9 Å². The first-order chi connectivity index (χ1) is 12.0. The Kier molecular flexibility index (Phi) is 3.47. The Balaban J connectivity index is 1.92. The minimum atomic E-state index is -1.06. The van der Waals surface area contributed by atoms with Gasteiger partial charge in [0.2, 0.25) is 0 Å². The number of aromatic nitrogens is 1. The number of nitrogens with two attached hydrogens (primary N) is 1. The van der Waals surface area contributed by atoms with E-state index in [2.05, 4.69) is 4.98 Å². The number of hydrogen-bond acceptors (Lipinski definition) is 5. The quantitative estimate of drug-likeness (QED) is 0.440. The SMILES string of the molecule is NC(Cc1ccc2nc3c4ccccc4c(=O)cc-3oc2c1)C(=O)O. The van der Waals surface area contributed by atoms with Gasteiger partial charge in [0, 0.05) is 16.8 Å². The lowest BCUT2D eigenvalue weighted by Crippen LogP contribution is -2.32.